The molecule has 3 rings (SSSR count). The zero-order chi connectivity index (χ0) is 26.3. The standard InChI is InChI=1S/C26H31N3O6S/c1-6-26(2,3)28-25(32)23(19-9-7-13-35-19)29(17-11-12-18(33-4)20(15-17)34-5)22(30)16-27-24(31)21-10-8-14-36-21/h7-15,23H,6,16H2,1-5H3,(H,27,31)(H,28,32). The maximum Gasteiger partial charge on any atom is 0.261 e. The summed E-state index contributed by atoms with van der Waals surface area (Å²) in [6.07, 6.45) is 2.11. The Balaban J connectivity index is 2.04. The van der Waals surface area contributed by atoms with Gasteiger partial charge in [-0.2, -0.15) is 0 Å². The third-order valence-electron chi connectivity index (χ3n) is 5.72. The van der Waals surface area contributed by atoms with Crippen molar-refractivity contribution in [3.8, 4) is 11.5 Å². The average Bonchev–Trinajstić information content (AvgIpc) is 3.59. The normalized spacial score (nSPS) is 11.9. The predicted octanol–water partition coefficient (Wildman–Crippen LogP) is 4.17. The minimum atomic E-state index is -1.14. The molecule has 0 bridgehead atoms. The Labute approximate surface area is 214 Å². The second-order valence-corrected chi connectivity index (χ2v) is 9.56. The topological polar surface area (TPSA) is 110 Å². The largest absolute Gasteiger partial charge is 0.493 e. The molecule has 1 aromatic carbocycles. The van der Waals surface area contributed by atoms with Gasteiger partial charge in [0.05, 0.1) is 31.9 Å². The van der Waals surface area contributed by atoms with Gasteiger partial charge in [0.1, 0.15) is 5.76 Å². The Bertz CT molecular complexity index is 1170. The van der Waals surface area contributed by atoms with Crippen molar-refractivity contribution in [2.45, 2.75) is 38.8 Å². The molecule has 0 fully saturated rings. The van der Waals surface area contributed by atoms with E-state index in [1.807, 2.05) is 20.8 Å². The maximum absolute atomic E-state index is 13.7. The van der Waals surface area contributed by atoms with Gasteiger partial charge in [-0.1, -0.05) is 13.0 Å². The van der Waals surface area contributed by atoms with E-state index in [2.05, 4.69) is 10.6 Å². The minimum absolute atomic E-state index is 0.270. The molecule has 0 saturated carbocycles. The highest BCUT2D eigenvalue weighted by Gasteiger charge is 2.37. The molecule has 0 aliphatic rings. The van der Waals surface area contributed by atoms with Crippen molar-refractivity contribution in [1.82, 2.24) is 10.6 Å². The molecule has 0 saturated heterocycles. The lowest BCUT2D eigenvalue weighted by Crippen LogP contribution is -2.52. The van der Waals surface area contributed by atoms with Crippen LogP contribution in [0, 0.1) is 0 Å². The molecule has 1 atom stereocenters. The number of methoxy groups -OCH3 is 2. The van der Waals surface area contributed by atoms with Gasteiger partial charge in [0.25, 0.3) is 11.8 Å². The van der Waals surface area contributed by atoms with Crippen molar-refractivity contribution in [3.63, 3.8) is 0 Å². The lowest BCUT2D eigenvalue weighted by molar-refractivity contribution is -0.128. The molecule has 3 amide bonds. The highest BCUT2D eigenvalue weighted by molar-refractivity contribution is 7.12. The number of furan rings is 1. The molecule has 0 aliphatic carbocycles. The highest BCUT2D eigenvalue weighted by atomic mass is 32.1. The van der Waals surface area contributed by atoms with E-state index < -0.39 is 23.4 Å². The molecule has 0 aliphatic heterocycles. The molecule has 192 valence electrons. The molecule has 0 spiro atoms. The van der Waals surface area contributed by atoms with Gasteiger partial charge in [-0.3, -0.25) is 19.3 Å². The van der Waals surface area contributed by atoms with Crippen LogP contribution in [0.25, 0.3) is 0 Å². The zero-order valence-corrected chi connectivity index (χ0v) is 21.8. The molecule has 0 radical (unpaired) electrons. The first-order valence-electron chi connectivity index (χ1n) is 11.4. The first kappa shape index (κ1) is 26.8. The first-order valence-corrected chi connectivity index (χ1v) is 12.3. The molecular weight excluding hydrogens is 482 g/mol. The van der Waals surface area contributed by atoms with E-state index in [4.69, 9.17) is 13.9 Å². The molecule has 1 unspecified atom stereocenters. The molecule has 3 aromatic rings. The van der Waals surface area contributed by atoms with Crippen LogP contribution in [0.15, 0.2) is 58.5 Å². The smallest absolute Gasteiger partial charge is 0.261 e. The Kier molecular flexibility index (Phi) is 8.76. The summed E-state index contributed by atoms with van der Waals surface area (Å²) < 4.78 is 16.4. The van der Waals surface area contributed by atoms with Crippen LogP contribution in [0.4, 0.5) is 5.69 Å². The fourth-order valence-corrected chi connectivity index (χ4v) is 4.10. The summed E-state index contributed by atoms with van der Waals surface area (Å²) in [4.78, 5) is 41.6. The minimum Gasteiger partial charge on any atom is -0.493 e. The first-order chi connectivity index (χ1) is 17.2. The van der Waals surface area contributed by atoms with Crippen LogP contribution in [-0.2, 0) is 9.59 Å². The maximum atomic E-state index is 13.7. The van der Waals surface area contributed by atoms with E-state index >= 15 is 0 Å². The van der Waals surface area contributed by atoms with Crippen molar-refractivity contribution < 1.29 is 28.3 Å². The quantitative estimate of drug-likeness (QED) is 0.398. The van der Waals surface area contributed by atoms with Gasteiger partial charge in [0, 0.05) is 17.3 Å². The van der Waals surface area contributed by atoms with E-state index in [0.717, 1.165) is 0 Å². The van der Waals surface area contributed by atoms with Crippen LogP contribution in [0.2, 0.25) is 0 Å². The fraction of sp³-hybridized carbons (Fsp3) is 0.346. The Hall–Kier alpha value is -3.79. The summed E-state index contributed by atoms with van der Waals surface area (Å²) in [5.41, 5.74) is -0.157. The van der Waals surface area contributed by atoms with E-state index in [9.17, 15) is 14.4 Å². The van der Waals surface area contributed by atoms with Crippen LogP contribution >= 0.6 is 11.3 Å². The van der Waals surface area contributed by atoms with E-state index in [1.165, 1.54) is 36.7 Å². The number of thiophene rings is 1. The number of anilines is 1. The second-order valence-electron chi connectivity index (χ2n) is 8.61. The van der Waals surface area contributed by atoms with Crippen molar-refractivity contribution in [2.75, 3.05) is 25.7 Å². The Morgan fingerprint density at radius 3 is 2.42 bits per heavy atom. The van der Waals surface area contributed by atoms with Gasteiger partial charge in [-0.05, 0) is 56.0 Å². The number of ether oxygens (including phenoxy) is 2. The summed E-state index contributed by atoms with van der Waals surface area (Å²) >= 11 is 1.27. The van der Waals surface area contributed by atoms with Crippen molar-refractivity contribution in [2.24, 2.45) is 0 Å². The third kappa shape index (κ3) is 6.25. The van der Waals surface area contributed by atoms with Gasteiger partial charge in [0.15, 0.2) is 17.5 Å². The van der Waals surface area contributed by atoms with Crippen LogP contribution < -0.4 is 25.0 Å². The number of amides is 3. The molecular formula is C26H31N3O6S. The molecule has 2 heterocycles. The van der Waals surface area contributed by atoms with Gasteiger partial charge < -0.3 is 24.5 Å². The van der Waals surface area contributed by atoms with Gasteiger partial charge >= 0.3 is 0 Å². The van der Waals surface area contributed by atoms with Gasteiger partial charge in [-0.25, -0.2) is 0 Å². The number of carbonyl (C=O) groups excluding carboxylic acids is 3. The number of benzene rings is 1. The lowest BCUT2D eigenvalue weighted by Gasteiger charge is -2.33. The van der Waals surface area contributed by atoms with E-state index in [1.54, 1.807) is 47.8 Å². The third-order valence-corrected chi connectivity index (χ3v) is 6.59. The number of hydrogen-bond acceptors (Lipinski definition) is 7. The van der Waals surface area contributed by atoms with Crippen molar-refractivity contribution in [1.29, 1.82) is 0 Å². The zero-order valence-electron chi connectivity index (χ0n) is 21.0. The molecule has 36 heavy (non-hydrogen) atoms. The number of hydrogen-bond donors (Lipinski definition) is 2. The second kappa shape index (κ2) is 11.8. The SMILES string of the molecule is CCC(C)(C)NC(=O)C(c1ccco1)N(C(=O)CNC(=O)c1cccs1)c1ccc(OC)c(OC)c1. The number of nitrogens with one attached hydrogen (secondary N) is 2. The van der Waals surface area contributed by atoms with Crippen LogP contribution in [-0.4, -0.2) is 44.0 Å². The number of rotatable bonds is 11. The molecule has 2 N–H and O–H groups in total. The molecule has 10 heteroatoms. The van der Waals surface area contributed by atoms with E-state index in [0.29, 0.717) is 28.5 Å². The van der Waals surface area contributed by atoms with Crippen LogP contribution in [0.3, 0.4) is 0 Å². The van der Waals surface area contributed by atoms with Gasteiger partial charge in [0.2, 0.25) is 5.91 Å². The lowest BCUT2D eigenvalue weighted by atomic mass is 10.0. The summed E-state index contributed by atoms with van der Waals surface area (Å²) in [5, 5.41) is 7.43. The summed E-state index contributed by atoms with van der Waals surface area (Å²) in [6.45, 7) is 5.41. The number of nitrogens with zero attached hydrogens (tertiary/aromatic N) is 1. The van der Waals surface area contributed by atoms with Crippen LogP contribution in [0.1, 0.15) is 48.7 Å². The van der Waals surface area contributed by atoms with Crippen molar-refractivity contribution >= 4 is 34.7 Å². The summed E-state index contributed by atoms with van der Waals surface area (Å²) in [5.74, 6) is -0.208. The van der Waals surface area contributed by atoms with Crippen LogP contribution in [0.5, 0.6) is 11.5 Å². The van der Waals surface area contributed by atoms with Gasteiger partial charge in [-0.15, -0.1) is 11.3 Å². The van der Waals surface area contributed by atoms with E-state index in [-0.39, 0.29) is 18.2 Å². The Morgan fingerprint density at radius 2 is 1.83 bits per heavy atom. The summed E-state index contributed by atoms with van der Waals surface area (Å²) in [6, 6.07) is 10.5. The Morgan fingerprint density at radius 1 is 1.08 bits per heavy atom. The fourth-order valence-electron chi connectivity index (χ4n) is 3.46. The monoisotopic (exact) mass is 513 g/mol. The van der Waals surface area contributed by atoms with Crippen molar-refractivity contribution in [3.05, 3.63) is 64.7 Å². The average molecular weight is 514 g/mol. The molecule has 2 aromatic heterocycles. The predicted molar refractivity (Wildman–Crippen MR) is 138 cm³/mol. The molecule has 9 nitrogen and oxygen atoms in total. The highest BCUT2D eigenvalue weighted by Crippen LogP contribution is 2.36. The number of carbonyl (C=O) groups is 3. The summed E-state index contributed by atoms with van der Waals surface area (Å²) in [7, 11) is 2.99.